The number of anilines is 1. The van der Waals surface area contributed by atoms with Crippen molar-refractivity contribution in [3.63, 3.8) is 0 Å². The largest absolute Gasteiger partial charge is 0.486 e. The minimum Gasteiger partial charge on any atom is -0.486 e. The first-order valence-electron chi connectivity index (χ1n) is 10.2. The summed E-state index contributed by atoms with van der Waals surface area (Å²) in [6.07, 6.45) is 0.0982. The molecule has 1 N–H and O–H groups in total. The highest BCUT2D eigenvalue weighted by Gasteiger charge is 2.24. The van der Waals surface area contributed by atoms with Gasteiger partial charge in [0.15, 0.2) is 11.5 Å². The molecule has 6 nitrogen and oxygen atoms in total. The number of nitrogens with one attached hydrogen (secondary N) is 1. The van der Waals surface area contributed by atoms with Crippen LogP contribution in [0.5, 0.6) is 11.5 Å². The second kappa shape index (κ2) is 10.1. The summed E-state index contributed by atoms with van der Waals surface area (Å²) < 4.78 is 11.3. The predicted molar refractivity (Wildman–Crippen MR) is 126 cm³/mol. The van der Waals surface area contributed by atoms with Gasteiger partial charge in [0.25, 0.3) is 0 Å². The fraction of sp³-hybridized carbons (Fsp3) is 0.250. The number of amides is 2. The van der Waals surface area contributed by atoms with E-state index in [1.165, 1.54) is 6.92 Å². The number of nitrogens with zero attached hydrogens (tertiary/aromatic N) is 1. The molecule has 0 saturated heterocycles. The van der Waals surface area contributed by atoms with Crippen molar-refractivity contribution in [2.45, 2.75) is 25.9 Å². The molecule has 1 aliphatic rings. The van der Waals surface area contributed by atoms with Crippen LogP contribution >= 0.6 is 22.9 Å². The lowest BCUT2D eigenvalue weighted by molar-refractivity contribution is -0.121. The molecule has 0 radical (unpaired) electrons. The molecular formula is C24H23ClN2O4S. The summed E-state index contributed by atoms with van der Waals surface area (Å²) in [7, 11) is 0. The molecule has 0 fully saturated rings. The number of carbonyl (C=O) groups excluding carboxylic acids is 2. The van der Waals surface area contributed by atoms with Crippen molar-refractivity contribution in [2.24, 2.45) is 0 Å². The molecule has 4 rings (SSSR count). The van der Waals surface area contributed by atoms with Gasteiger partial charge in [-0.15, -0.1) is 11.3 Å². The third-order valence-electron chi connectivity index (χ3n) is 5.06. The van der Waals surface area contributed by atoms with Crippen LogP contribution in [0.15, 0.2) is 60.0 Å². The van der Waals surface area contributed by atoms with Gasteiger partial charge in [-0.05, 0) is 41.3 Å². The van der Waals surface area contributed by atoms with Crippen LogP contribution in [0.25, 0.3) is 0 Å². The van der Waals surface area contributed by atoms with Gasteiger partial charge < -0.3 is 19.7 Å². The quantitative estimate of drug-likeness (QED) is 0.529. The highest BCUT2D eigenvalue weighted by atomic mass is 35.5. The van der Waals surface area contributed by atoms with Gasteiger partial charge in [-0.3, -0.25) is 9.59 Å². The van der Waals surface area contributed by atoms with E-state index >= 15 is 0 Å². The fourth-order valence-corrected chi connectivity index (χ4v) is 4.38. The Hall–Kier alpha value is -3.03. The highest BCUT2D eigenvalue weighted by molar-refractivity contribution is 7.09. The Labute approximate surface area is 195 Å². The fourth-order valence-electron chi connectivity index (χ4n) is 3.56. The van der Waals surface area contributed by atoms with Crippen molar-refractivity contribution in [3.8, 4) is 11.5 Å². The summed E-state index contributed by atoms with van der Waals surface area (Å²) in [6.45, 7) is 2.83. The molecule has 1 unspecified atom stereocenters. The van der Waals surface area contributed by atoms with Crippen LogP contribution in [-0.4, -0.2) is 25.0 Å². The van der Waals surface area contributed by atoms with E-state index in [1.54, 1.807) is 28.4 Å². The summed E-state index contributed by atoms with van der Waals surface area (Å²) in [4.78, 5) is 28.2. The molecule has 1 aromatic heterocycles. The minimum atomic E-state index is -0.472. The summed E-state index contributed by atoms with van der Waals surface area (Å²) in [5.74, 6) is 0.959. The Bertz CT molecular complexity index is 1090. The number of hydrogen-bond donors (Lipinski definition) is 1. The number of rotatable bonds is 7. The lowest BCUT2D eigenvalue weighted by Crippen LogP contribution is -2.35. The number of benzene rings is 2. The Morgan fingerprint density at radius 3 is 2.53 bits per heavy atom. The zero-order chi connectivity index (χ0) is 22.5. The Balaban J connectivity index is 1.62. The molecular weight excluding hydrogens is 448 g/mol. The van der Waals surface area contributed by atoms with E-state index in [2.05, 4.69) is 5.32 Å². The maximum atomic E-state index is 13.6. The number of carbonyl (C=O) groups is 2. The Kier molecular flexibility index (Phi) is 6.97. The first-order valence-corrected chi connectivity index (χ1v) is 11.5. The van der Waals surface area contributed by atoms with E-state index in [4.69, 9.17) is 21.1 Å². The first-order chi connectivity index (χ1) is 15.5. The van der Waals surface area contributed by atoms with Gasteiger partial charge in [-0.25, -0.2) is 0 Å². The Morgan fingerprint density at radius 1 is 1.09 bits per heavy atom. The summed E-state index contributed by atoms with van der Waals surface area (Å²) in [6, 6.07) is 16.1. The molecule has 0 spiro atoms. The predicted octanol–water partition coefficient (Wildman–Crippen LogP) is 4.97. The summed E-state index contributed by atoms with van der Waals surface area (Å²) in [5, 5.41) is 5.47. The average Bonchev–Trinajstić information content (AvgIpc) is 3.30. The zero-order valence-corrected chi connectivity index (χ0v) is 19.1. The average molecular weight is 471 g/mol. The van der Waals surface area contributed by atoms with Crippen LogP contribution in [0.1, 0.15) is 29.8 Å². The van der Waals surface area contributed by atoms with Crippen LogP contribution in [0, 0.1) is 0 Å². The number of thiophene rings is 1. The molecule has 2 aromatic carbocycles. The topological polar surface area (TPSA) is 67.9 Å². The monoisotopic (exact) mass is 470 g/mol. The van der Waals surface area contributed by atoms with Crippen molar-refractivity contribution in [1.29, 1.82) is 0 Å². The molecule has 3 aromatic rings. The molecule has 1 atom stereocenters. The highest BCUT2D eigenvalue weighted by Crippen LogP contribution is 2.35. The molecule has 0 bridgehead atoms. The smallest absolute Gasteiger partial charge is 0.229 e. The van der Waals surface area contributed by atoms with E-state index < -0.39 is 6.04 Å². The van der Waals surface area contributed by atoms with Crippen molar-refractivity contribution < 1.29 is 19.1 Å². The molecule has 2 heterocycles. The number of hydrogen-bond acceptors (Lipinski definition) is 5. The van der Waals surface area contributed by atoms with E-state index in [9.17, 15) is 9.59 Å². The van der Waals surface area contributed by atoms with Crippen LogP contribution in [-0.2, 0) is 16.1 Å². The maximum absolute atomic E-state index is 13.6. The number of fused-ring (bicyclic) bond motifs is 1. The van der Waals surface area contributed by atoms with Crippen LogP contribution in [0.4, 0.5) is 5.69 Å². The van der Waals surface area contributed by atoms with E-state index in [0.29, 0.717) is 42.0 Å². The van der Waals surface area contributed by atoms with Gasteiger partial charge in [0.05, 0.1) is 19.0 Å². The number of halogens is 1. The van der Waals surface area contributed by atoms with Crippen LogP contribution < -0.4 is 19.7 Å². The lowest BCUT2D eigenvalue weighted by Gasteiger charge is -2.27. The molecule has 0 aliphatic carbocycles. The summed E-state index contributed by atoms with van der Waals surface area (Å²) >= 11 is 7.60. The van der Waals surface area contributed by atoms with Gasteiger partial charge in [0.1, 0.15) is 13.2 Å². The van der Waals surface area contributed by atoms with Gasteiger partial charge in [-0.1, -0.05) is 29.8 Å². The molecule has 32 heavy (non-hydrogen) atoms. The van der Waals surface area contributed by atoms with Crippen molar-refractivity contribution in [3.05, 3.63) is 75.4 Å². The van der Waals surface area contributed by atoms with Gasteiger partial charge in [0, 0.05) is 28.6 Å². The van der Waals surface area contributed by atoms with E-state index in [-0.39, 0.29) is 18.2 Å². The van der Waals surface area contributed by atoms with Gasteiger partial charge in [-0.2, -0.15) is 0 Å². The minimum absolute atomic E-state index is 0.0982. The lowest BCUT2D eigenvalue weighted by atomic mass is 10.0. The molecule has 2 amide bonds. The second-order valence-corrected chi connectivity index (χ2v) is 8.86. The third-order valence-corrected chi connectivity index (χ3v) is 6.17. The SMILES string of the molecule is CC(=O)NC(CC(=O)N(Cc1cccs1)c1ccc2c(c1)OCCO2)c1ccc(Cl)cc1. The van der Waals surface area contributed by atoms with Crippen LogP contribution in [0.2, 0.25) is 5.02 Å². The molecule has 0 saturated carbocycles. The number of ether oxygens (including phenoxy) is 2. The van der Waals surface area contributed by atoms with Gasteiger partial charge >= 0.3 is 0 Å². The van der Waals surface area contributed by atoms with E-state index in [1.807, 2.05) is 47.8 Å². The second-order valence-electron chi connectivity index (χ2n) is 7.40. The molecule has 1 aliphatic heterocycles. The molecule has 166 valence electrons. The normalized spacial score (nSPS) is 13.3. The zero-order valence-electron chi connectivity index (χ0n) is 17.5. The van der Waals surface area contributed by atoms with Crippen LogP contribution in [0.3, 0.4) is 0 Å². The summed E-state index contributed by atoms with van der Waals surface area (Å²) in [5.41, 5.74) is 1.53. The first kappa shape index (κ1) is 22.2. The van der Waals surface area contributed by atoms with Gasteiger partial charge in [0.2, 0.25) is 11.8 Å². The standard InChI is InChI=1S/C24H23ClN2O4S/c1-16(28)26-21(17-4-6-18(25)7-5-17)14-24(29)27(15-20-3-2-12-32-20)19-8-9-22-23(13-19)31-11-10-30-22/h2-9,12-13,21H,10-11,14-15H2,1H3,(H,26,28). The Morgan fingerprint density at radius 2 is 1.84 bits per heavy atom. The third kappa shape index (κ3) is 5.41. The maximum Gasteiger partial charge on any atom is 0.229 e. The van der Waals surface area contributed by atoms with Crippen molar-refractivity contribution in [2.75, 3.05) is 18.1 Å². The molecule has 8 heteroatoms. The van der Waals surface area contributed by atoms with Crippen molar-refractivity contribution in [1.82, 2.24) is 5.32 Å². The van der Waals surface area contributed by atoms with Crippen molar-refractivity contribution >= 4 is 40.4 Å². The van der Waals surface area contributed by atoms with E-state index in [0.717, 1.165) is 10.4 Å².